The quantitative estimate of drug-likeness (QED) is 0.204. The van der Waals surface area contributed by atoms with Crippen LogP contribution in [0.15, 0.2) is 5.11 Å². The highest BCUT2D eigenvalue weighted by Gasteiger charge is 2.11. The first-order valence-electron chi connectivity index (χ1n) is 5.35. The van der Waals surface area contributed by atoms with Crippen LogP contribution >= 0.6 is 0 Å². The van der Waals surface area contributed by atoms with Gasteiger partial charge in [0.25, 0.3) is 0 Å². The number of carbonyl (C=O) groups is 1. The zero-order chi connectivity index (χ0) is 11.5. The molecule has 0 aromatic carbocycles. The van der Waals surface area contributed by atoms with Crippen LogP contribution in [-0.4, -0.2) is 19.1 Å². The van der Waals surface area contributed by atoms with Gasteiger partial charge in [0.1, 0.15) is 0 Å². The molecule has 0 aromatic heterocycles. The van der Waals surface area contributed by atoms with Crippen molar-refractivity contribution >= 4 is 5.97 Å². The van der Waals surface area contributed by atoms with Crippen LogP contribution < -0.4 is 0 Å². The molecule has 0 radical (unpaired) electrons. The number of carbonyl (C=O) groups excluding carboxylic acids is 1. The van der Waals surface area contributed by atoms with E-state index >= 15 is 0 Å². The lowest BCUT2D eigenvalue weighted by molar-refractivity contribution is -0.141. The summed E-state index contributed by atoms with van der Waals surface area (Å²) in [5, 5.41) is 3.59. The molecule has 5 nitrogen and oxygen atoms in total. The van der Waals surface area contributed by atoms with Crippen LogP contribution in [0.2, 0.25) is 0 Å². The Hall–Kier alpha value is -1.22. The average Bonchev–Trinajstić information content (AvgIpc) is 2.24. The number of azide groups is 1. The summed E-state index contributed by atoms with van der Waals surface area (Å²) in [7, 11) is 1.34. The minimum atomic E-state index is -0.317. The zero-order valence-electron chi connectivity index (χ0n) is 9.48. The maximum Gasteiger partial charge on any atom is 0.305 e. The normalized spacial score (nSPS) is 11.6. The molecule has 0 aliphatic heterocycles. The van der Waals surface area contributed by atoms with Gasteiger partial charge in [0.2, 0.25) is 0 Å². The third-order valence-electron chi connectivity index (χ3n) is 2.24. The largest absolute Gasteiger partial charge is 0.469 e. The molecule has 0 heterocycles. The van der Waals surface area contributed by atoms with E-state index in [1.807, 2.05) is 0 Å². The smallest absolute Gasteiger partial charge is 0.305 e. The second-order valence-electron chi connectivity index (χ2n) is 3.49. The number of unbranched alkanes of at least 4 members (excludes halogenated alkanes) is 3. The molecule has 0 bridgehead atoms. The maximum absolute atomic E-state index is 11.0. The third kappa shape index (κ3) is 7.82. The third-order valence-corrected chi connectivity index (χ3v) is 2.24. The molecule has 15 heavy (non-hydrogen) atoms. The minimum Gasteiger partial charge on any atom is -0.469 e. The minimum absolute atomic E-state index is 0.187. The Morgan fingerprint density at radius 1 is 1.47 bits per heavy atom. The first kappa shape index (κ1) is 13.8. The van der Waals surface area contributed by atoms with E-state index in [4.69, 9.17) is 5.53 Å². The van der Waals surface area contributed by atoms with E-state index in [0.717, 1.165) is 19.3 Å². The van der Waals surface area contributed by atoms with Crippen LogP contribution in [0.1, 0.15) is 45.4 Å². The molecule has 0 aliphatic carbocycles. The van der Waals surface area contributed by atoms with Gasteiger partial charge < -0.3 is 4.74 Å². The van der Waals surface area contributed by atoms with E-state index in [1.165, 1.54) is 20.0 Å². The lowest BCUT2D eigenvalue weighted by Crippen LogP contribution is -2.12. The number of nitrogens with zero attached hydrogens (tertiary/aromatic N) is 3. The van der Waals surface area contributed by atoms with Gasteiger partial charge in [-0.3, -0.25) is 4.79 Å². The molecule has 0 aromatic rings. The standard InChI is InChI=1S/C10H19N3O2/c1-3-4-5-6-7-9(12-13-11)8-10(14)15-2/h9H,3-8H2,1-2H3. The highest BCUT2D eigenvalue weighted by Crippen LogP contribution is 2.12. The second-order valence-corrected chi connectivity index (χ2v) is 3.49. The van der Waals surface area contributed by atoms with Crippen LogP contribution in [0.3, 0.4) is 0 Å². The predicted octanol–water partition coefficient (Wildman–Crippen LogP) is 3.20. The number of methoxy groups -OCH3 is 1. The summed E-state index contributed by atoms with van der Waals surface area (Å²) in [6, 6.07) is -0.251. The Kier molecular flexibility index (Phi) is 8.58. The van der Waals surface area contributed by atoms with Crippen molar-refractivity contribution in [2.24, 2.45) is 5.11 Å². The molecular weight excluding hydrogens is 194 g/mol. The van der Waals surface area contributed by atoms with Crippen LogP contribution in [0.5, 0.6) is 0 Å². The summed E-state index contributed by atoms with van der Waals surface area (Å²) < 4.78 is 4.53. The van der Waals surface area contributed by atoms with Crippen molar-refractivity contribution in [3.63, 3.8) is 0 Å². The number of rotatable bonds is 8. The van der Waals surface area contributed by atoms with Gasteiger partial charge in [-0.25, -0.2) is 0 Å². The Bertz CT molecular complexity index is 225. The lowest BCUT2D eigenvalue weighted by atomic mass is 10.1. The van der Waals surface area contributed by atoms with Gasteiger partial charge >= 0.3 is 5.97 Å². The molecule has 0 fully saturated rings. The first-order chi connectivity index (χ1) is 7.24. The van der Waals surface area contributed by atoms with Gasteiger partial charge in [-0.1, -0.05) is 37.7 Å². The molecule has 1 atom stereocenters. The zero-order valence-corrected chi connectivity index (χ0v) is 9.48. The van der Waals surface area contributed by atoms with Crippen LogP contribution in [0.25, 0.3) is 10.4 Å². The molecule has 0 saturated heterocycles. The molecule has 0 aliphatic rings. The van der Waals surface area contributed by atoms with Gasteiger partial charge in [-0.05, 0) is 12.0 Å². The summed E-state index contributed by atoms with van der Waals surface area (Å²) in [5.74, 6) is -0.317. The summed E-state index contributed by atoms with van der Waals surface area (Å²) in [6.07, 6.45) is 5.42. The monoisotopic (exact) mass is 213 g/mol. The molecule has 0 rings (SSSR count). The Morgan fingerprint density at radius 2 is 2.20 bits per heavy atom. The van der Waals surface area contributed by atoms with Gasteiger partial charge in [-0.2, -0.15) is 0 Å². The van der Waals surface area contributed by atoms with Crippen molar-refractivity contribution in [2.45, 2.75) is 51.5 Å². The van der Waals surface area contributed by atoms with Crippen molar-refractivity contribution in [3.05, 3.63) is 10.4 Å². The highest BCUT2D eigenvalue weighted by atomic mass is 16.5. The number of hydrogen-bond acceptors (Lipinski definition) is 3. The Labute approximate surface area is 90.4 Å². The number of ether oxygens (including phenoxy) is 1. The fourth-order valence-electron chi connectivity index (χ4n) is 1.36. The molecule has 0 N–H and O–H groups in total. The van der Waals surface area contributed by atoms with Gasteiger partial charge in [0, 0.05) is 11.0 Å². The van der Waals surface area contributed by atoms with Crippen LogP contribution in [0, 0.1) is 0 Å². The fourth-order valence-corrected chi connectivity index (χ4v) is 1.36. The highest BCUT2D eigenvalue weighted by molar-refractivity contribution is 5.69. The number of hydrogen-bond donors (Lipinski definition) is 0. The van der Waals surface area contributed by atoms with Crippen LogP contribution in [0.4, 0.5) is 0 Å². The van der Waals surface area contributed by atoms with Crippen molar-refractivity contribution in [1.29, 1.82) is 0 Å². The molecule has 5 heteroatoms. The summed E-state index contributed by atoms with van der Waals surface area (Å²) >= 11 is 0. The van der Waals surface area contributed by atoms with Crippen molar-refractivity contribution in [2.75, 3.05) is 7.11 Å². The van der Waals surface area contributed by atoms with Crippen molar-refractivity contribution in [3.8, 4) is 0 Å². The maximum atomic E-state index is 11.0. The second kappa shape index (κ2) is 9.34. The molecule has 0 amide bonds. The number of esters is 1. The van der Waals surface area contributed by atoms with E-state index in [0.29, 0.717) is 0 Å². The summed E-state index contributed by atoms with van der Waals surface area (Å²) in [5.41, 5.74) is 8.33. The van der Waals surface area contributed by atoms with Crippen LogP contribution in [-0.2, 0) is 9.53 Å². The first-order valence-corrected chi connectivity index (χ1v) is 5.35. The van der Waals surface area contributed by atoms with E-state index in [9.17, 15) is 4.79 Å². The summed E-state index contributed by atoms with van der Waals surface area (Å²) in [4.78, 5) is 13.7. The van der Waals surface area contributed by atoms with Gasteiger partial charge in [0.15, 0.2) is 0 Å². The SMILES string of the molecule is CCCCCCC(CC(=O)OC)N=[N+]=[N-]. The van der Waals surface area contributed by atoms with E-state index in [1.54, 1.807) is 0 Å². The Balaban J connectivity index is 3.83. The Morgan fingerprint density at radius 3 is 2.73 bits per heavy atom. The molecule has 0 spiro atoms. The van der Waals surface area contributed by atoms with Gasteiger partial charge in [0.05, 0.1) is 13.5 Å². The molecule has 1 unspecified atom stereocenters. The van der Waals surface area contributed by atoms with Crippen molar-refractivity contribution < 1.29 is 9.53 Å². The van der Waals surface area contributed by atoms with E-state index in [-0.39, 0.29) is 18.4 Å². The topological polar surface area (TPSA) is 75.1 Å². The van der Waals surface area contributed by atoms with Crippen molar-refractivity contribution in [1.82, 2.24) is 0 Å². The molecule has 86 valence electrons. The van der Waals surface area contributed by atoms with Gasteiger partial charge in [-0.15, -0.1) is 0 Å². The van der Waals surface area contributed by atoms with E-state index in [2.05, 4.69) is 21.7 Å². The molecular formula is C10H19N3O2. The fraction of sp³-hybridized carbons (Fsp3) is 0.900. The summed E-state index contributed by atoms with van der Waals surface area (Å²) in [6.45, 7) is 2.14. The molecule has 0 saturated carbocycles. The average molecular weight is 213 g/mol. The predicted molar refractivity (Wildman–Crippen MR) is 58.3 cm³/mol. The lowest BCUT2D eigenvalue weighted by Gasteiger charge is -2.08. The van der Waals surface area contributed by atoms with E-state index < -0.39 is 0 Å².